The topological polar surface area (TPSA) is 19.4 Å². The van der Waals surface area contributed by atoms with Crippen LogP contribution in [0.1, 0.15) is 110 Å². The van der Waals surface area contributed by atoms with Gasteiger partial charge in [0.25, 0.3) is 0 Å². The standard InChI is InChI=1S/C21H35N3.C14H22N2.C14H21N.2C2H6/c1-4-19-6-5-7-21(16-19)24-10-8-20(9-11-24)17-22-12-14-23(15-13-22)18(2)3;1-3-13-5-4-6-14(11-13)12-16-9-7-15(2)8-10-16;1-11(2)14-9-15(10-14)8-13-6-4-5-12(3)7-13;2*1-2/h5-7,16,18,20H,4,8-15,17H2,1-3H3;4-6,11H,3,7-10,12H2,1-2H3;4-7,11,14H,8-10H2,1-3H3;2*1-2H3. The number of nitrogens with zero attached hydrogens (tertiary/aromatic N) is 6. The Bertz CT molecular complexity index is 1510. The van der Waals surface area contributed by atoms with Crippen LogP contribution < -0.4 is 4.90 Å². The number of likely N-dealkylation sites (tertiary alicyclic amines) is 1. The number of hydrogen-bond acceptors (Lipinski definition) is 6. The summed E-state index contributed by atoms with van der Waals surface area (Å²) in [5.74, 6) is 2.66. The quantitative estimate of drug-likeness (QED) is 0.191. The number of aryl methyl sites for hydroxylation is 3. The SMILES string of the molecule is CC.CC.CCc1cccc(CN2CCN(C)CC2)c1.CCc1cccc(N2CCC(CN3CCN(C(C)C)CC3)CC2)c1.Cc1cccc(CN2CC(C(C)C)C2)c1. The third-order valence-corrected chi connectivity index (χ3v) is 12.8. The normalized spacial score (nSPS) is 18.7. The predicted octanol–water partition coefficient (Wildman–Crippen LogP) is 10.6. The molecule has 0 amide bonds. The zero-order chi connectivity index (χ0) is 43.2. The largest absolute Gasteiger partial charge is 0.372 e. The Morgan fingerprint density at radius 1 is 0.559 bits per heavy atom. The second-order valence-electron chi connectivity index (χ2n) is 17.8. The molecule has 0 aliphatic carbocycles. The summed E-state index contributed by atoms with van der Waals surface area (Å²) in [5.41, 5.74) is 8.62. The average Bonchev–Trinajstić information content (AvgIpc) is 3.25. The molecule has 0 saturated carbocycles. The van der Waals surface area contributed by atoms with Gasteiger partial charge in [-0.05, 0) is 106 Å². The molecular formula is C53H90N6. The maximum atomic E-state index is 2.71. The van der Waals surface area contributed by atoms with Crippen molar-refractivity contribution in [3.8, 4) is 0 Å². The van der Waals surface area contributed by atoms with Crippen LogP contribution in [-0.4, -0.2) is 123 Å². The second kappa shape index (κ2) is 28.0. The van der Waals surface area contributed by atoms with E-state index in [1.54, 1.807) is 0 Å². The third kappa shape index (κ3) is 18.0. The van der Waals surface area contributed by atoms with Gasteiger partial charge in [0.1, 0.15) is 0 Å². The molecule has 0 radical (unpaired) electrons. The fraction of sp³-hybridized carbons (Fsp3) is 0.660. The number of piperazine rings is 2. The summed E-state index contributed by atoms with van der Waals surface area (Å²) in [4.78, 5) is 15.4. The first-order valence-corrected chi connectivity index (χ1v) is 24.1. The van der Waals surface area contributed by atoms with Crippen molar-refractivity contribution in [2.45, 2.75) is 121 Å². The monoisotopic (exact) mass is 811 g/mol. The van der Waals surface area contributed by atoms with Gasteiger partial charge in [0, 0.05) is 110 Å². The minimum Gasteiger partial charge on any atom is -0.372 e. The van der Waals surface area contributed by atoms with Crippen molar-refractivity contribution in [2.75, 3.05) is 97.0 Å². The van der Waals surface area contributed by atoms with Crippen molar-refractivity contribution in [1.82, 2.24) is 24.5 Å². The molecule has 0 unspecified atom stereocenters. The molecule has 59 heavy (non-hydrogen) atoms. The number of anilines is 1. The summed E-state index contributed by atoms with van der Waals surface area (Å²) in [6, 6.07) is 27.7. The molecule has 0 aromatic heterocycles. The fourth-order valence-corrected chi connectivity index (χ4v) is 8.62. The van der Waals surface area contributed by atoms with E-state index in [0.717, 1.165) is 43.7 Å². The Morgan fingerprint density at radius 3 is 1.63 bits per heavy atom. The lowest BCUT2D eigenvalue weighted by Gasteiger charge is -2.41. The number of piperidine rings is 1. The fourth-order valence-electron chi connectivity index (χ4n) is 8.62. The molecule has 3 aromatic carbocycles. The van der Waals surface area contributed by atoms with Gasteiger partial charge in [-0.25, -0.2) is 0 Å². The van der Waals surface area contributed by atoms with E-state index in [0.29, 0.717) is 6.04 Å². The van der Waals surface area contributed by atoms with E-state index in [4.69, 9.17) is 0 Å². The Morgan fingerprint density at radius 2 is 1.07 bits per heavy atom. The molecule has 7 rings (SSSR count). The van der Waals surface area contributed by atoms with Gasteiger partial charge < -0.3 is 14.7 Å². The lowest BCUT2D eigenvalue weighted by molar-refractivity contribution is 0.0614. The van der Waals surface area contributed by atoms with Crippen LogP contribution in [0.25, 0.3) is 0 Å². The highest BCUT2D eigenvalue weighted by Crippen LogP contribution is 2.26. The van der Waals surface area contributed by atoms with Gasteiger partial charge >= 0.3 is 0 Å². The summed E-state index contributed by atoms with van der Waals surface area (Å²) in [6.07, 6.45) is 4.96. The van der Waals surface area contributed by atoms with Crippen molar-refractivity contribution >= 4 is 5.69 Å². The zero-order valence-electron chi connectivity index (χ0n) is 40.4. The second-order valence-corrected chi connectivity index (χ2v) is 17.8. The molecule has 4 saturated heterocycles. The molecule has 4 aliphatic rings. The van der Waals surface area contributed by atoms with E-state index in [-0.39, 0.29) is 0 Å². The maximum Gasteiger partial charge on any atom is 0.0368 e. The molecule has 6 heteroatoms. The molecular weight excluding hydrogens is 721 g/mol. The van der Waals surface area contributed by atoms with E-state index in [1.165, 1.54) is 131 Å². The van der Waals surface area contributed by atoms with Gasteiger partial charge in [0.05, 0.1) is 0 Å². The highest BCUT2D eigenvalue weighted by Gasteiger charge is 2.29. The first-order chi connectivity index (χ1) is 28.6. The van der Waals surface area contributed by atoms with E-state index >= 15 is 0 Å². The highest BCUT2D eigenvalue weighted by atomic mass is 15.3. The summed E-state index contributed by atoms with van der Waals surface area (Å²) in [6.45, 7) is 42.3. The smallest absolute Gasteiger partial charge is 0.0368 e. The molecule has 6 nitrogen and oxygen atoms in total. The summed E-state index contributed by atoms with van der Waals surface area (Å²) in [7, 11) is 2.20. The Balaban J connectivity index is 0.000000234. The number of benzene rings is 3. The van der Waals surface area contributed by atoms with Gasteiger partial charge in [0.2, 0.25) is 0 Å². The molecule has 0 spiro atoms. The zero-order valence-corrected chi connectivity index (χ0v) is 40.4. The molecule has 0 bridgehead atoms. The average molecular weight is 811 g/mol. The van der Waals surface area contributed by atoms with Crippen LogP contribution >= 0.6 is 0 Å². The molecule has 4 heterocycles. The first kappa shape index (κ1) is 50.6. The number of likely N-dealkylation sites (N-methyl/N-ethyl adjacent to an activating group) is 1. The van der Waals surface area contributed by atoms with Gasteiger partial charge in [0.15, 0.2) is 0 Å². The molecule has 332 valence electrons. The van der Waals surface area contributed by atoms with E-state index in [9.17, 15) is 0 Å². The van der Waals surface area contributed by atoms with Crippen molar-refractivity contribution in [1.29, 1.82) is 0 Å². The Kier molecular flexibility index (Phi) is 24.0. The Hall–Kier alpha value is -2.74. The highest BCUT2D eigenvalue weighted by molar-refractivity contribution is 5.49. The number of rotatable bonds is 11. The molecule has 4 aliphatic heterocycles. The molecule has 0 N–H and O–H groups in total. The lowest BCUT2D eigenvalue weighted by atomic mass is 9.88. The van der Waals surface area contributed by atoms with Crippen LogP contribution in [0.15, 0.2) is 72.8 Å². The minimum atomic E-state index is 0.703. The third-order valence-electron chi connectivity index (χ3n) is 12.8. The van der Waals surface area contributed by atoms with Crippen molar-refractivity contribution in [3.05, 3.63) is 101 Å². The van der Waals surface area contributed by atoms with Gasteiger partial charge in [-0.15, -0.1) is 0 Å². The van der Waals surface area contributed by atoms with Crippen LogP contribution in [0.3, 0.4) is 0 Å². The minimum absolute atomic E-state index is 0.703. The number of hydrogen-bond donors (Lipinski definition) is 0. The molecule has 4 fully saturated rings. The maximum absolute atomic E-state index is 2.71. The van der Waals surface area contributed by atoms with Crippen molar-refractivity contribution < 1.29 is 0 Å². The van der Waals surface area contributed by atoms with Crippen molar-refractivity contribution in [2.24, 2.45) is 17.8 Å². The first-order valence-electron chi connectivity index (χ1n) is 24.1. The van der Waals surface area contributed by atoms with Gasteiger partial charge in [-0.1, -0.05) is 122 Å². The van der Waals surface area contributed by atoms with E-state index in [2.05, 4.69) is 158 Å². The molecule has 0 atom stereocenters. The van der Waals surface area contributed by atoms with Crippen LogP contribution in [0.2, 0.25) is 0 Å². The van der Waals surface area contributed by atoms with Gasteiger partial charge in [-0.3, -0.25) is 14.7 Å². The Labute approximate surface area is 365 Å². The van der Waals surface area contributed by atoms with Gasteiger partial charge in [-0.2, -0.15) is 0 Å². The van der Waals surface area contributed by atoms with Crippen LogP contribution in [-0.2, 0) is 25.9 Å². The summed E-state index contributed by atoms with van der Waals surface area (Å²) >= 11 is 0. The summed E-state index contributed by atoms with van der Waals surface area (Å²) < 4.78 is 0. The van der Waals surface area contributed by atoms with Crippen LogP contribution in [0, 0.1) is 24.7 Å². The molecule has 3 aromatic rings. The van der Waals surface area contributed by atoms with E-state index in [1.807, 2.05) is 27.7 Å². The summed E-state index contributed by atoms with van der Waals surface area (Å²) in [5, 5.41) is 0. The predicted molar refractivity (Wildman–Crippen MR) is 260 cm³/mol. The van der Waals surface area contributed by atoms with Crippen molar-refractivity contribution in [3.63, 3.8) is 0 Å². The van der Waals surface area contributed by atoms with E-state index < -0.39 is 0 Å². The van der Waals surface area contributed by atoms with Crippen LogP contribution in [0.5, 0.6) is 0 Å². The van der Waals surface area contributed by atoms with Crippen LogP contribution in [0.4, 0.5) is 5.69 Å². The lowest BCUT2D eigenvalue weighted by Crippen LogP contribution is -2.50.